The van der Waals surface area contributed by atoms with Gasteiger partial charge < -0.3 is 10.1 Å². The number of aromatic nitrogens is 2. The summed E-state index contributed by atoms with van der Waals surface area (Å²) in [6.45, 7) is 7.93. The van der Waals surface area contributed by atoms with Gasteiger partial charge in [-0.05, 0) is 13.3 Å². The van der Waals surface area contributed by atoms with E-state index in [1.165, 1.54) is 4.68 Å². The number of allylic oxidation sites excluding steroid dienone is 1. The molecular formula is C12H18ClN3O2. The van der Waals surface area contributed by atoms with Crippen LogP contribution in [0.25, 0.3) is 0 Å². The highest BCUT2D eigenvalue weighted by molar-refractivity contribution is 6.32. The lowest BCUT2D eigenvalue weighted by Crippen LogP contribution is -2.24. The molecule has 1 rings (SSSR count). The van der Waals surface area contributed by atoms with Crippen molar-refractivity contribution in [3.63, 3.8) is 0 Å². The molecule has 100 valence electrons. The quantitative estimate of drug-likeness (QED) is 0.580. The minimum absolute atomic E-state index is 0.156. The molecule has 0 atom stereocenters. The van der Waals surface area contributed by atoms with Crippen molar-refractivity contribution in [3.8, 4) is 0 Å². The smallest absolute Gasteiger partial charge is 0.287 e. The topological polar surface area (TPSA) is 56.1 Å². The first-order valence-electron chi connectivity index (χ1n) is 5.88. The summed E-state index contributed by atoms with van der Waals surface area (Å²) >= 11 is 5.97. The molecule has 1 aromatic heterocycles. The number of anilines is 1. The maximum Gasteiger partial charge on any atom is 0.287 e. The average molecular weight is 272 g/mol. The Labute approximate surface area is 111 Å². The molecule has 0 fully saturated rings. The van der Waals surface area contributed by atoms with Crippen LogP contribution in [0.3, 0.4) is 0 Å². The minimum atomic E-state index is -0.314. The van der Waals surface area contributed by atoms with Crippen molar-refractivity contribution in [1.82, 2.24) is 9.78 Å². The van der Waals surface area contributed by atoms with Gasteiger partial charge in [0.2, 0.25) is 0 Å². The molecule has 0 aliphatic carbocycles. The van der Waals surface area contributed by atoms with E-state index in [0.29, 0.717) is 32.0 Å². The van der Waals surface area contributed by atoms with Gasteiger partial charge >= 0.3 is 0 Å². The Morgan fingerprint density at radius 2 is 2.44 bits per heavy atom. The molecular weight excluding hydrogens is 254 g/mol. The van der Waals surface area contributed by atoms with Crippen molar-refractivity contribution in [2.75, 3.05) is 25.1 Å². The third-order valence-corrected chi connectivity index (χ3v) is 2.64. The third kappa shape index (κ3) is 4.16. The Balaban J connectivity index is 2.59. The molecule has 1 N–H and O–H groups in total. The van der Waals surface area contributed by atoms with Gasteiger partial charge in [0.15, 0.2) is 0 Å². The molecule has 18 heavy (non-hydrogen) atoms. The summed E-state index contributed by atoms with van der Waals surface area (Å²) in [5.74, 6) is 0. The molecule has 0 saturated heterocycles. The number of nitrogens with zero attached hydrogens (tertiary/aromatic N) is 2. The molecule has 1 aromatic rings. The van der Waals surface area contributed by atoms with E-state index >= 15 is 0 Å². The molecule has 0 saturated carbocycles. The third-order valence-electron chi connectivity index (χ3n) is 2.27. The van der Waals surface area contributed by atoms with E-state index < -0.39 is 0 Å². The van der Waals surface area contributed by atoms with Crippen LogP contribution in [0.15, 0.2) is 23.6 Å². The maximum atomic E-state index is 11.8. The van der Waals surface area contributed by atoms with Gasteiger partial charge in [0.25, 0.3) is 5.56 Å². The van der Waals surface area contributed by atoms with E-state index in [0.717, 1.165) is 6.42 Å². The van der Waals surface area contributed by atoms with Crippen LogP contribution in [0.1, 0.15) is 13.3 Å². The first kappa shape index (κ1) is 14.7. The average Bonchev–Trinajstić information content (AvgIpc) is 2.37. The van der Waals surface area contributed by atoms with Crippen LogP contribution in [0, 0.1) is 0 Å². The van der Waals surface area contributed by atoms with E-state index in [4.69, 9.17) is 16.3 Å². The van der Waals surface area contributed by atoms with Gasteiger partial charge in [-0.3, -0.25) is 4.79 Å². The second-order valence-electron chi connectivity index (χ2n) is 3.63. The number of nitrogens with one attached hydrogen (secondary N) is 1. The Hall–Kier alpha value is -1.33. The summed E-state index contributed by atoms with van der Waals surface area (Å²) in [6, 6.07) is 0. The fraction of sp³-hybridized carbons (Fsp3) is 0.500. The van der Waals surface area contributed by atoms with Crippen molar-refractivity contribution >= 4 is 17.3 Å². The predicted molar refractivity (Wildman–Crippen MR) is 73.3 cm³/mol. The summed E-state index contributed by atoms with van der Waals surface area (Å²) in [5, 5.41) is 7.22. The molecule has 0 aliphatic rings. The van der Waals surface area contributed by atoms with Gasteiger partial charge in [-0.15, -0.1) is 6.58 Å². The van der Waals surface area contributed by atoms with Crippen LogP contribution in [0.5, 0.6) is 0 Å². The van der Waals surface area contributed by atoms with Gasteiger partial charge in [-0.25, -0.2) is 4.68 Å². The van der Waals surface area contributed by atoms with E-state index in [1.54, 1.807) is 12.3 Å². The first-order chi connectivity index (χ1) is 8.70. The summed E-state index contributed by atoms with van der Waals surface area (Å²) in [4.78, 5) is 11.8. The van der Waals surface area contributed by atoms with E-state index in [2.05, 4.69) is 17.0 Å². The molecule has 0 unspecified atom stereocenters. The first-order valence-corrected chi connectivity index (χ1v) is 6.26. The van der Waals surface area contributed by atoms with Crippen LogP contribution in [0.4, 0.5) is 5.69 Å². The standard InChI is InChI=1S/C12H18ClN3O2/c1-3-7-16-12(17)11(13)10(9-15-16)14-6-5-8-18-4-2/h3,9,14H,1,4-8H2,2H3. The Morgan fingerprint density at radius 1 is 1.67 bits per heavy atom. The van der Waals surface area contributed by atoms with Crippen LogP contribution >= 0.6 is 11.6 Å². The highest BCUT2D eigenvalue weighted by atomic mass is 35.5. The van der Waals surface area contributed by atoms with Crippen LogP contribution in [-0.2, 0) is 11.3 Å². The van der Waals surface area contributed by atoms with E-state index in [-0.39, 0.29) is 10.6 Å². The summed E-state index contributed by atoms with van der Waals surface area (Å²) in [7, 11) is 0. The minimum Gasteiger partial charge on any atom is -0.382 e. The zero-order valence-electron chi connectivity index (χ0n) is 10.5. The maximum absolute atomic E-state index is 11.8. The molecule has 0 aromatic carbocycles. The lowest BCUT2D eigenvalue weighted by atomic mass is 10.4. The van der Waals surface area contributed by atoms with Gasteiger partial charge in [-0.2, -0.15) is 5.10 Å². The van der Waals surface area contributed by atoms with Crippen molar-refractivity contribution in [2.24, 2.45) is 0 Å². The van der Waals surface area contributed by atoms with Crippen molar-refractivity contribution in [2.45, 2.75) is 19.9 Å². The highest BCUT2D eigenvalue weighted by Crippen LogP contribution is 2.14. The second-order valence-corrected chi connectivity index (χ2v) is 4.00. The zero-order valence-corrected chi connectivity index (χ0v) is 11.2. The van der Waals surface area contributed by atoms with Gasteiger partial charge in [-0.1, -0.05) is 17.7 Å². The van der Waals surface area contributed by atoms with Crippen molar-refractivity contribution in [1.29, 1.82) is 0 Å². The van der Waals surface area contributed by atoms with E-state index in [1.807, 2.05) is 6.92 Å². The molecule has 0 spiro atoms. The Bertz CT molecular complexity index is 445. The fourth-order valence-electron chi connectivity index (χ4n) is 1.38. The predicted octanol–water partition coefficient (Wildman–Crippen LogP) is 1.92. The Kier molecular flexibility index (Phi) is 6.46. The van der Waals surface area contributed by atoms with Crippen molar-refractivity contribution in [3.05, 3.63) is 34.2 Å². The lowest BCUT2D eigenvalue weighted by Gasteiger charge is -2.09. The molecule has 0 amide bonds. The SMILES string of the molecule is C=CCn1ncc(NCCCOCC)c(Cl)c1=O. The molecule has 6 heteroatoms. The van der Waals surface area contributed by atoms with Crippen LogP contribution < -0.4 is 10.9 Å². The second kappa shape index (κ2) is 7.89. The zero-order chi connectivity index (χ0) is 13.4. The normalized spacial score (nSPS) is 10.3. The molecule has 1 heterocycles. The lowest BCUT2D eigenvalue weighted by molar-refractivity contribution is 0.147. The number of ether oxygens (including phenoxy) is 1. The number of hydrogen-bond acceptors (Lipinski definition) is 4. The summed E-state index contributed by atoms with van der Waals surface area (Å²) in [6.07, 6.45) is 3.99. The molecule has 0 radical (unpaired) electrons. The highest BCUT2D eigenvalue weighted by Gasteiger charge is 2.07. The molecule has 5 nitrogen and oxygen atoms in total. The number of rotatable bonds is 8. The molecule has 0 aliphatic heterocycles. The number of hydrogen-bond donors (Lipinski definition) is 1. The Morgan fingerprint density at radius 3 is 3.11 bits per heavy atom. The van der Waals surface area contributed by atoms with Gasteiger partial charge in [0.1, 0.15) is 5.02 Å². The number of halogens is 1. The van der Waals surface area contributed by atoms with Crippen LogP contribution in [-0.4, -0.2) is 29.5 Å². The van der Waals surface area contributed by atoms with E-state index in [9.17, 15) is 4.79 Å². The van der Waals surface area contributed by atoms with Crippen LogP contribution in [0.2, 0.25) is 5.02 Å². The fourth-order valence-corrected chi connectivity index (χ4v) is 1.60. The summed E-state index contributed by atoms with van der Waals surface area (Å²) in [5.41, 5.74) is 0.241. The largest absolute Gasteiger partial charge is 0.382 e. The summed E-state index contributed by atoms with van der Waals surface area (Å²) < 4.78 is 6.48. The van der Waals surface area contributed by atoms with Gasteiger partial charge in [0.05, 0.1) is 18.4 Å². The van der Waals surface area contributed by atoms with Gasteiger partial charge in [0, 0.05) is 19.8 Å². The van der Waals surface area contributed by atoms with Crippen molar-refractivity contribution < 1.29 is 4.74 Å². The monoisotopic (exact) mass is 271 g/mol. The molecule has 0 bridgehead atoms.